The maximum atomic E-state index is 13.4. The summed E-state index contributed by atoms with van der Waals surface area (Å²) in [5.74, 6) is -0.632. The summed E-state index contributed by atoms with van der Waals surface area (Å²) in [7, 11) is 0. The number of benzene rings is 1. The Bertz CT molecular complexity index is 1150. The number of aromatic amines is 3. The topological polar surface area (TPSA) is 89.4 Å². The average Bonchev–Trinajstić information content (AvgIpc) is 3.10. The normalized spacial score (nSPS) is 15.2. The maximum absolute atomic E-state index is 13.4. The van der Waals surface area contributed by atoms with E-state index in [1.165, 1.54) is 0 Å². The zero-order valence-electron chi connectivity index (χ0n) is 14.7. The molecule has 3 aromatic heterocycles. The van der Waals surface area contributed by atoms with Crippen LogP contribution in [0.4, 0.5) is 14.5 Å². The van der Waals surface area contributed by atoms with Gasteiger partial charge in [0.25, 0.3) is 6.43 Å². The summed E-state index contributed by atoms with van der Waals surface area (Å²) >= 11 is 0. The quantitative estimate of drug-likeness (QED) is 0.409. The number of nitrogens with one attached hydrogen (secondary N) is 4. The van der Waals surface area contributed by atoms with Gasteiger partial charge in [0.15, 0.2) is 0 Å². The molecule has 0 atom stereocenters. The van der Waals surface area contributed by atoms with Crippen LogP contribution < -0.4 is 5.32 Å². The zero-order chi connectivity index (χ0) is 19.3. The number of carbonyl (C=O) groups is 1. The molecule has 1 aliphatic rings. The van der Waals surface area contributed by atoms with E-state index in [0.29, 0.717) is 5.69 Å². The van der Waals surface area contributed by atoms with Crippen LogP contribution >= 0.6 is 0 Å². The molecular formula is C20H17F2N5O. The van der Waals surface area contributed by atoms with E-state index < -0.39 is 17.7 Å². The van der Waals surface area contributed by atoms with Crippen molar-refractivity contribution in [1.29, 1.82) is 0 Å². The first-order chi connectivity index (χ1) is 13.6. The number of nitrogens with zero attached hydrogens (tertiary/aromatic N) is 1. The molecule has 0 spiro atoms. The Balaban J connectivity index is 1.64. The molecule has 0 aliphatic heterocycles. The van der Waals surface area contributed by atoms with Gasteiger partial charge in [-0.3, -0.25) is 9.89 Å². The van der Waals surface area contributed by atoms with E-state index in [0.717, 1.165) is 33.4 Å². The third-order valence-electron chi connectivity index (χ3n) is 5.44. The lowest BCUT2D eigenvalue weighted by molar-refractivity contribution is -0.126. The van der Waals surface area contributed by atoms with Gasteiger partial charge in [0.1, 0.15) is 5.41 Å². The number of carbonyl (C=O) groups excluding carboxylic acids is 1. The first-order valence-electron chi connectivity index (χ1n) is 8.97. The van der Waals surface area contributed by atoms with Crippen molar-refractivity contribution < 1.29 is 13.6 Å². The minimum absolute atomic E-state index is 0.205. The summed E-state index contributed by atoms with van der Waals surface area (Å²) in [6, 6.07) is 9.34. The Labute approximate surface area is 158 Å². The Kier molecular flexibility index (Phi) is 3.61. The molecular weight excluding hydrogens is 364 g/mol. The summed E-state index contributed by atoms with van der Waals surface area (Å²) in [6.07, 6.45) is 2.94. The molecule has 3 heterocycles. The van der Waals surface area contributed by atoms with Gasteiger partial charge in [-0.25, -0.2) is 8.78 Å². The van der Waals surface area contributed by atoms with E-state index in [-0.39, 0.29) is 12.8 Å². The fraction of sp³-hybridized carbons (Fsp3) is 0.200. The van der Waals surface area contributed by atoms with Crippen LogP contribution in [0.3, 0.4) is 0 Å². The number of hydrogen-bond acceptors (Lipinski definition) is 2. The highest BCUT2D eigenvalue weighted by molar-refractivity contribution is 6.10. The van der Waals surface area contributed by atoms with Gasteiger partial charge in [0, 0.05) is 40.6 Å². The number of H-pyrrole nitrogens is 3. The van der Waals surface area contributed by atoms with Crippen molar-refractivity contribution in [2.75, 3.05) is 5.32 Å². The van der Waals surface area contributed by atoms with Crippen molar-refractivity contribution in [3.63, 3.8) is 0 Å². The van der Waals surface area contributed by atoms with Crippen LogP contribution in [-0.2, 0) is 4.79 Å². The smallest absolute Gasteiger partial charge is 0.252 e. The van der Waals surface area contributed by atoms with Crippen LogP contribution in [0.5, 0.6) is 0 Å². The average molecular weight is 381 g/mol. The highest BCUT2D eigenvalue weighted by Crippen LogP contribution is 2.52. The SMILES string of the molecule is O=C(Nc1c(-c2[nH]ccc2-c2ccn[nH]2)ccc2[nH]ccc12)C1(C(F)F)CC1. The molecule has 28 heavy (non-hydrogen) atoms. The van der Waals surface area contributed by atoms with E-state index >= 15 is 0 Å². The predicted molar refractivity (Wildman–Crippen MR) is 102 cm³/mol. The molecule has 5 rings (SSSR count). The standard InChI is InChI=1S/C20H17F2N5O/c21-18(22)20(6-7-20)19(28)26-17-11-3-8-23-14(11)2-1-13(17)16-12(4-9-24-16)15-5-10-25-27-15/h1-5,8-10,18,23-24H,6-7H2,(H,25,27)(H,26,28). The maximum Gasteiger partial charge on any atom is 0.252 e. The van der Waals surface area contributed by atoms with Crippen LogP contribution in [0.1, 0.15) is 12.8 Å². The molecule has 4 aromatic rings. The summed E-state index contributed by atoms with van der Waals surface area (Å²) in [5.41, 5.74) is 2.93. The number of aromatic nitrogens is 4. The Morgan fingerprint density at radius 2 is 1.89 bits per heavy atom. The fourth-order valence-electron chi connectivity index (χ4n) is 3.62. The third-order valence-corrected chi connectivity index (χ3v) is 5.44. The monoisotopic (exact) mass is 381 g/mol. The van der Waals surface area contributed by atoms with Gasteiger partial charge >= 0.3 is 0 Å². The first kappa shape index (κ1) is 16.7. The lowest BCUT2D eigenvalue weighted by atomic mass is 10.0. The van der Waals surface area contributed by atoms with Gasteiger partial charge in [-0.2, -0.15) is 5.10 Å². The summed E-state index contributed by atoms with van der Waals surface area (Å²) in [5, 5.41) is 10.5. The molecule has 4 N–H and O–H groups in total. The zero-order valence-corrected chi connectivity index (χ0v) is 14.7. The number of amides is 1. The molecule has 1 amide bonds. The van der Waals surface area contributed by atoms with Crippen molar-refractivity contribution in [3.8, 4) is 22.5 Å². The van der Waals surface area contributed by atoms with Gasteiger partial charge in [-0.15, -0.1) is 0 Å². The molecule has 0 bridgehead atoms. The van der Waals surface area contributed by atoms with Crippen molar-refractivity contribution >= 4 is 22.5 Å². The molecule has 1 aromatic carbocycles. The number of halogens is 2. The van der Waals surface area contributed by atoms with Crippen LogP contribution in [0.2, 0.25) is 0 Å². The first-order valence-corrected chi connectivity index (χ1v) is 8.97. The number of alkyl halides is 2. The Hall–Kier alpha value is -3.42. The molecule has 1 aliphatic carbocycles. The van der Waals surface area contributed by atoms with Crippen LogP contribution in [0.25, 0.3) is 33.4 Å². The number of anilines is 1. The Morgan fingerprint density at radius 3 is 2.61 bits per heavy atom. The second-order valence-electron chi connectivity index (χ2n) is 7.07. The number of hydrogen-bond donors (Lipinski definition) is 4. The van der Waals surface area contributed by atoms with E-state index in [4.69, 9.17) is 0 Å². The molecule has 0 radical (unpaired) electrons. The number of rotatable bonds is 5. The second-order valence-corrected chi connectivity index (χ2v) is 7.07. The lowest BCUT2D eigenvalue weighted by Crippen LogP contribution is -2.30. The van der Waals surface area contributed by atoms with Crippen molar-refractivity contribution in [1.82, 2.24) is 20.2 Å². The van der Waals surface area contributed by atoms with Crippen molar-refractivity contribution in [3.05, 3.63) is 48.9 Å². The van der Waals surface area contributed by atoms with Gasteiger partial charge in [0.2, 0.25) is 5.91 Å². The molecule has 1 saturated carbocycles. The minimum Gasteiger partial charge on any atom is -0.361 e. The molecule has 1 fully saturated rings. The van der Waals surface area contributed by atoms with E-state index in [2.05, 4.69) is 25.5 Å². The van der Waals surface area contributed by atoms with Crippen LogP contribution in [-0.4, -0.2) is 32.5 Å². The van der Waals surface area contributed by atoms with Gasteiger partial charge < -0.3 is 15.3 Å². The van der Waals surface area contributed by atoms with Crippen LogP contribution in [0.15, 0.2) is 48.9 Å². The highest BCUT2D eigenvalue weighted by Gasteiger charge is 2.57. The second kappa shape index (κ2) is 6.05. The summed E-state index contributed by atoms with van der Waals surface area (Å²) in [6.45, 7) is 0. The molecule has 6 nitrogen and oxygen atoms in total. The number of fused-ring (bicyclic) bond motifs is 1. The molecule has 0 saturated heterocycles. The largest absolute Gasteiger partial charge is 0.361 e. The predicted octanol–water partition coefficient (Wildman–Crippen LogP) is 4.54. The van der Waals surface area contributed by atoms with Crippen LogP contribution in [0, 0.1) is 5.41 Å². The summed E-state index contributed by atoms with van der Waals surface area (Å²) in [4.78, 5) is 19.0. The minimum atomic E-state index is -2.67. The molecule has 142 valence electrons. The van der Waals surface area contributed by atoms with Gasteiger partial charge in [-0.05, 0) is 43.2 Å². The molecule has 0 unspecified atom stereocenters. The van der Waals surface area contributed by atoms with E-state index in [9.17, 15) is 13.6 Å². The Morgan fingerprint density at radius 1 is 1.07 bits per heavy atom. The molecule has 8 heteroatoms. The third kappa shape index (κ3) is 2.45. The van der Waals surface area contributed by atoms with E-state index in [1.54, 1.807) is 18.6 Å². The van der Waals surface area contributed by atoms with E-state index in [1.807, 2.05) is 30.3 Å². The lowest BCUT2D eigenvalue weighted by Gasteiger charge is -2.18. The van der Waals surface area contributed by atoms with Gasteiger partial charge in [-0.1, -0.05) is 0 Å². The fourth-order valence-corrected chi connectivity index (χ4v) is 3.62. The van der Waals surface area contributed by atoms with Gasteiger partial charge in [0.05, 0.1) is 17.1 Å². The van der Waals surface area contributed by atoms with Crippen molar-refractivity contribution in [2.24, 2.45) is 5.41 Å². The highest BCUT2D eigenvalue weighted by atomic mass is 19.3. The van der Waals surface area contributed by atoms with Crippen molar-refractivity contribution in [2.45, 2.75) is 19.3 Å². The summed E-state index contributed by atoms with van der Waals surface area (Å²) < 4.78 is 26.8.